The van der Waals surface area contributed by atoms with Crippen molar-refractivity contribution >= 4 is 23.1 Å². The van der Waals surface area contributed by atoms with Gasteiger partial charge in [0.1, 0.15) is 0 Å². The minimum Gasteiger partial charge on any atom is -0.195 e. The molecular formula is C7H5NS. The molecule has 0 aliphatic rings. The van der Waals surface area contributed by atoms with Crippen molar-refractivity contribution in [2.45, 2.75) is 0 Å². The summed E-state index contributed by atoms with van der Waals surface area (Å²) in [4.78, 5) is 3.44. The minimum absolute atomic E-state index is 0.175. The number of nitrogens with zero attached hydrogens (tertiary/aromatic N) is 1. The minimum atomic E-state index is -0.441. The third kappa shape index (κ3) is 1.76. The van der Waals surface area contributed by atoms with E-state index in [1.54, 1.807) is 0 Å². The number of para-hydroxylation sites is 1. The highest BCUT2D eigenvalue weighted by atomic mass is 32.1. The maximum Gasteiger partial charge on any atom is 0.0739 e. The van der Waals surface area contributed by atoms with Gasteiger partial charge < -0.3 is 0 Å². The average molecular weight is 140 g/mol. The third-order valence-corrected chi connectivity index (χ3v) is 0.736. The van der Waals surface area contributed by atoms with Crippen molar-refractivity contribution in [2.75, 3.05) is 0 Å². The van der Waals surface area contributed by atoms with E-state index in [9.17, 15) is 0 Å². The Morgan fingerprint density at radius 3 is 2.67 bits per heavy atom. The van der Waals surface area contributed by atoms with Crippen molar-refractivity contribution in [1.82, 2.24) is 0 Å². The molecule has 0 aliphatic carbocycles. The van der Waals surface area contributed by atoms with E-state index >= 15 is 0 Å². The fourth-order valence-corrected chi connectivity index (χ4v) is 0.436. The largest absolute Gasteiger partial charge is 0.195 e. The molecule has 0 aliphatic heterocycles. The lowest BCUT2D eigenvalue weighted by Gasteiger charge is -1.83. The van der Waals surface area contributed by atoms with Gasteiger partial charge in [-0.05, 0) is 24.3 Å². The monoisotopic (exact) mass is 140 g/mol. The summed E-state index contributed by atoms with van der Waals surface area (Å²) in [5.74, 6) is 0. The van der Waals surface area contributed by atoms with Crippen molar-refractivity contribution in [2.24, 2.45) is 4.99 Å². The number of benzene rings is 1. The molecule has 0 amide bonds. The first kappa shape index (κ1) is 2.33. The van der Waals surface area contributed by atoms with E-state index in [0.29, 0.717) is 0 Å². The van der Waals surface area contributed by atoms with Gasteiger partial charge >= 0.3 is 0 Å². The Morgan fingerprint density at radius 2 is 2.11 bits per heavy atom. The van der Waals surface area contributed by atoms with Gasteiger partial charge in [-0.15, -0.1) is 0 Å². The molecule has 1 rings (SSSR count). The van der Waals surface area contributed by atoms with E-state index in [-0.39, 0.29) is 17.8 Å². The standard InChI is InChI=1S/C7H5NS/c9-6-8-7-4-2-1-3-5-7/h1-5H/i1D,2D,3D,4D,5D. The van der Waals surface area contributed by atoms with Gasteiger partial charge in [0, 0.05) is 0 Å². The molecule has 0 saturated carbocycles. The molecule has 0 unspecified atom stereocenters. The maximum absolute atomic E-state index is 7.39. The van der Waals surface area contributed by atoms with Gasteiger partial charge in [-0.1, -0.05) is 18.1 Å². The van der Waals surface area contributed by atoms with Crippen LogP contribution in [0.2, 0.25) is 0 Å². The van der Waals surface area contributed by atoms with Crippen molar-refractivity contribution in [3.8, 4) is 0 Å². The fourth-order valence-electron chi connectivity index (χ4n) is 0.345. The van der Waals surface area contributed by atoms with E-state index in [2.05, 4.69) is 17.2 Å². The van der Waals surface area contributed by atoms with Gasteiger partial charge in [0.15, 0.2) is 0 Å². The van der Waals surface area contributed by atoms with Gasteiger partial charge in [0.2, 0.25) is 0 Å². The molecule has 0 fully saturated rings. The number of aliphatic imine (C=N–C) groups is 1. The van der Waals surface area contributed by atoms with Crippen LogP contribution in [-0.4, -0.2) is 5.16 Å². The summed E-state index contributed by atoms with van der Waals surface area (Å²) in [7, 11) is 0. The molecule has 0 N–H and O–H groups in total. The van der Waals surface area contributed by atoms with Crippen LogP contribution in [0.4, 0.5) is 5.69 Å². The molecule has 0 bridgehead atoms. The highest BCUT2D eigenvalue weighted by Crippen LogP contribution is 2.07. The van der Waals surface area contributed by atoms with E-state index < -0.39 is 18.1 Å². The lowest BCUT2D eigenvalue weighted by Crippen LogP contribution is -1.58. The molecule has 1 aromatic carbocycles. The Hall–Kier alpha value is -0.980. The molecule has 0 atom stereocenters. The summed E-state index contributed by atoms with van der Waals surface area (Å²) in [5.41, 5.74) is -0.175. The van der Waals surface area contributed by atoms with E-state index in [0.717, 1.165) is 0 Å². The van der Waals surface area contributed by atoms with Gasteiger partial charge in [-0.25, -0.2) is 0 Å². The second-order valence-electron chi connectivity index (χ2n) is 1.18. The normalized spacial score (nSPS) is 15.8. The van der Waals surface area contributed by atoms with Crippen LogP contribution in [0.5, 0.6) is 0 Å². The molecule has 2 heteroatoms. The average Bonchev–Trinajstić information content (AvgIpc) is 2.19. The Kier molecular flexibility index (Phi) is 0.810. The summed E-state index contributed by atoms with van der Waals surface area (Å²) in [6.07, 6.45) is 0. The van der Waals surface area contributed by atoms with Gasteiger partial charge in [0.25, 0.3) is 0 Å². The number of rotatable bonds is 1. The molecule has 9 heavy (non-hydrogen) atoms. The van der Waals surface area contributed by atoms with Gasteiger partial charge in [0.05, 0.1) is 17.7 Å². The zero-order valence-corrected chi connectivity index (χ0v) is 5.17. The quantitative estimate of drug-likeness (QED) is 0.431. The second-order valence-corrected chi connectivity index (χ2v) is 1.36. The summed E-state index contributed by atoms with van der Waals surface area (Å²) in [6.45, 7) is 0. The van der Waals surface area contributed by atoms with Crippen molar-refractivity contribution in [3.63, 3.8) is 0 Å². The lowest BCUT2D eigenvalue weighted by molar-refractivity contribution is 1.55. The molecule has 0 heterocycles. The van der Waals surface area contributed by atoms with Crippen LogP contribution in [0, 0.1) is 0 Å². The third-order valence-electron chi connectivity index (χ3n) is 0.644. The van der Waals surface area contributed by atoms with E-state index in [4.69, 9.17) is 6.85 Å². The number of hydrogen-bond donors (Lipinski definition) is 0. The first-order chi connectivity index (χ1) is 6.50. The van der Waals surface area contributed by atoms with Crippen LogP contribution in [-0.2, 0) is 0 Å². The highest BCUT2D eigenvalue weighted by Gasteiger charge is 1.79. The second kappa shape index (κ2) is 3.13. The molecule has 0 saturated heterocycles. The van der Waals surface area contributed by atoms with Crippen LogP contribution in [0.3, 0.4) is 0 Å². The Morgan fingerprint density at radius 1 is 1.44 bits per heavy atom. The topological polar surface area (TPSA) is 12.4 Å². The Balaban J connectivity index is 3.67. The highest BCUT2D eigenvalue weighted by molar-refractivity contribution is 7.78. The van der Waals surface area contributed by atoms with Crippen LogP contribution >= 0.6 is 12.2 Å². The maximum atomic E-state index is 7.39. The zero-order valence-electron chi connectivity index (χ0n) is 9.36. The van der Waals surface area contributed by atoms with Gasteiger partial charge in [-0.2, -0.15) is 4.99 Å². The van der Waals surface area contributed by atoms with E-state index in [1.165, 1.54) is 0 Å². The predicted molar refractivity (Wildman–Crippen MR) is 41.1 cm³/mol. The lowest BCUT2D eigenvalue weighted by atomic mass is 10.3. The van der Waals surface area contributed by atoms with Crippen LogP contribution in [0.1, 0.15) is 6.85 Å². The summed E-state index contributed by atoms with van der Waals surface area (Å²) in [6, 6.07) is -2.02. The molecule has 0 spiro atoms. The summed E-state index contributed by atoms with van der Waals surface area (Å²) in [5, 5.41) is 1.98. The van der Waals surface area contributed by atoms with Crippen LogP contribution in [0.15, 0.2) is 35.2 Å². The van der Waals surface area contributed by atoms with Crippen LogP contribution < -0.4 is 0 Å². The predicted octanol–water partition coefficient (Wildman–Crippen LogP) is 2.42. The number of isothiocyanates is 1. The Labute approximate surface area is 66.1 Å². The fraction of sp³-hybridized carbons (Fsp3) is 0. The first-order valence-corrected chi connectivity index (χ1v) is 2.56. The van der Waals surface area contributed by atoms with Crippen molar-refractivity contribution < 1.29 is 6.85 Å². The number of thiocarbonyl (C=S) groups is 1. The molecule has 0 radical (unpaired) electrons. The van der Waals surface area contributed by atoms with Crippen molar-refractivity contribution in [1.29, 1.82) is 0 Å². The smallest absolute Gasteiger partial charge is 0.0739 e. The molecule has 1 aromatic rings. The van der Waals surface area contributed by atoms with Crippen LogP contribution in [0.25, 0.3) is 0 Å². The van der Waals surface area contributed by atoms with Crippen molar-refractivity contribution in [3.05, 3.63) is 30.2 Å². The summed E-state index contributed by atoms with van der Waals surface area (Å²) >= 11 is 4.32. The molecule has 44 valence electrons. The number of hydrogen-bond acceptors (Lipinski definition) is 2. The molecular weight excluding hydrogens is 130 g/mol. The zero-order chi connectivity index (χ0) is 10.9. The van der Waals surface area contributed by atoms with Gasteiger partial charge in [-0.3, -0.25) is 0 Å². The Bertz CT molecular complexity index is 409. The SMILES string of the molecule is [2H]c1c([2H])c([2H])c(N=C=S)c([2H])c1[2H]. The first-order valence-electron chi connectivity index (χ1n) is 4.65. The molecule has 0 aromatic heterocycles. The molecule has 1 nitrogen and oxygen atoms in total. The van der Waals surface area contributed by atoms with E-state index in [1.807, 2.05) is 5.16 Å². The summed E-state index contributed by atoms with van der Waals surface area (Å²) < 4.78 is 36.6.